The summed E-state index contributed by atoms with van der Waals surface area (Å²) in [6.07, 6.45) is 3.83. The van der Waals surface area contributed by atoms with Crippen molar-refractivity contribution in [3.63, 3.8) is 0 Å². The number of nitrogens with zero attached hydrogens (tertiary/aromatic N) is 2. The number of fused-ring (bicyclic) bond motifs is 1. The molecule has 0 unspecified atom stereocenters. The molecule has 1 aliphatic rings. The molecule has 2 heterocycles. The first-order chi connectivity index (χ1) is 15.1. The zero-order valence-corrected chi connectivity index (χ0v) is 17.1. The molecule has 0 fully saturated rings. The maximum absolute atomic E-state index is 12.4. The van der Waals surface area contributed by atoms with Crippen molar-refractivity contribution in [1.29, 1.82) is 0 Å². The number of hydrogen-bond donors (Lipinski definition) is 1. The van der Waals surface area contributed by atoms with Gasteiger partial charge in [-0.25, -0.2) is 14.6 Å². The van der Waals surface area contributed by atoms with Gasteiger partial charge < -0.3 is 24.1 Å². The van der Waals surface area contributed by atoms with Crippen molar-refractivity contribution >= 4 is 40.8 Å². The summed E-state index contributed by atoms with van der Waals surface area (Å²) in [5.41, 5.74) is 3.75. The minimum absolute atomic E-state index is 0.0219. The van der Waals surface area contributed by atoms with Gasteiger partial charge in [-0.3, -0.25) is 0 Å². The molecule has 1 N–H and O–H groups in total. The number of carbonyl (C=O) groups excluding carboxylic acids is 2. The molecule has 158 valence electrons. The second-order valence-corrected chi connectivity index (χ2v) is 6.78. The highest BCUT2D eigenvalue weighted by atomic mass is 16.5. The second-order valence-electron chi connectivity index (χ2n) is 6.78. The van der Waals surface area contributed by atoms with Crippen LogP contribution in [0.5, 0.6) is 0 Å². The molecule has 0 aliphatic carbocycles. The third-order valence-electron chi connectivity index (χ3n) is 4.88. The lowest BCUT2D eigenvalue weighted by molar-refractivity contribution is -0.140. The van der Waals surface area contributed by atoms with E-state index in [2.05, 4.69) is 9.97 Å². The molecule has 2 aromatic carbocycles. The number of esters is 2. The predicted octanol–water partition coefficient (Wildman–Crippen LogP) is 3.13. The molecule has 31 heavy (non-hydrogen) atoms. The average Bonchev–Trinajstić information content (AvgIpc) is 3.24. The Morgan fingerprint density at radius 2 is 1.77 bits per heavy atom. The van der Waals surface area contributed by atoms with E-state index in [0.29, 0.717) is 5.69 Å². The van der Waals surface area contributed by atoms with Crippen LogP contribution in [0, 0.1) is 0 Å². The van der Waals surface area contributed by atoms with E-state index in [1.165, 1.54) is 14.2 Å². The molecule has 0 radical (unpaired) electrons. The molecular weight excluding hydrogens is 398 g/mol. The monoisotopic (exact) mass is 419 g/mol. The lowest BCUT2D eigenvalue weighted by Gasteiger charge is -2.31. The van der Waals surface area contributed by atoms with Crippen LogP contribution in [-0.2, 0) is 23.8 Å². The Balaban J connectivity index is 1.59. The summed E-state index contributed by atoms with van der Waals surface area (Å²) >= 11 is 0. The fourth-order valence-electron chi connectivity index (χ4n) is 3.34. The Morgan fingerprint density at radius 3 is 2.48 bits per heavy atom. The van der Waals surface area contributed by atoms with Crippen molar-refractivity contribution in [3.8, 4) is 0 Å². The molecule has 3 aromatic rings. The lowest BCUT2D eigenvalue weighted by Crippen LogP contribution is -2.38. The molecule has 4 rings (SSSR count). The number of ether oxygens (including phenoxy) is 3. The maximum atomic E-state index is 12.4. The van der Waals surface area contributed by atoms with Gasteiger partial charge in [0.25, 0.3) is 0 Å². The van der Waals surface area contributed by atoms with E-state index in [-0.39, 0.29) is 24.6 Å². The Labute approximate surface area is 178 Å². The first-order valence-corrected chi connectivity index (χ1v) is 9.58. The SMILES string of the molecule is COC(=O)C1=C(C(=O)OC)N(c2ccc(C=Cc3nc4ccccc4[nH]3)cc2)COC1. The zero-order chi connectivity index (χ0) is 21.8. The van der Waals surface area contributed by atoms with Gasteiger partial charge in [-0.15, -0.1) is 0 Å². The molecule has 1 aromatic heterocycles. The van der Waals surface area contributed by atoms with Gasteiger partial charge in [0.1, 0.15) is 18.3 Å². The fourth-order valence-corrected chi connectivity index (χ4v) is 3.34. The van der Waals surface area contributed by atoms with Crippen LogP contribution in [0.15, 0.2) is 59.8 Å². The number of hydrogen-bond acceptors (Lipinski definition) is 7. The summed E-state index contributed by atoms with van der Waals surface area (Å²) in [5.74, 6) is -0.499. The number of imidazole rings is 1. The standard InChI is InChI=1S/C23H21N3O5/c1-29-22(27)17-13-31-14-26(21(17)23(28)30-2)16-10-7-15(8-11-16)9-12-20-24-18-5-3-4-6-19(18)25-20/h3-12H,13-14H2,1-2H3,(H,24,25). The lowest BCUT2D eigenvalue weighted by atomic mass is 10.1. The minimum atomic E-state index is -0.629. The number of anilines is 1. The molecule has 8 nitrogen and oxygen atoms in total. The van der Waals surface area contributed by atoms with Gasteiger partial charge in [-0.1, -0.05) is 30.3 Å². The van der Waals surface area contributed by atoms with E-state index in [1.807, 2.05) is 60.7 Å². The van der Waals surface area contributed by atoms with Gasteiger partial charge in [0.05, 0.1) is 37.4 Å². The average molecular weight is 419 g/mol. The van der Waals surface area contributed by atoms with Crippen LogP contribution in [0.4, 0.5) is 5.69 Å². The van der Waals surface area contributed by atoms with Crippen LogP contribution < -0.4 is 4.90 Å². The minimum Gasteiger partial charge on any atom is -0.466 e. The Hall–Kier alpha value is -3.91. The van der Waals surface area contributed by atoms with Gasteiger partial charge in [-0.05, 0) is 35.9 Å². The summed E-state index contributed by atoms with van der Waals surface area (Å²) in [4.78, 5) is 33.8. The van der Waals surface area contributed by atoms with Crippen molar-refractivity contribution in [2.45, 2.75) is 0 Å². The number of H-pyrrole nitrogens is 1. The number of aromatic amines is 1. The predicted molar refractivity (Wildman–Crippen MR) is 116 cm³/mol. The molecule has 0 saturated carbocycles. The molecule has 1 aliphatic heterocycles. The van der Waals surface area contributed by atoms with Crippen LogP contribution in [0.25, 0.3) is 23.2 Å². The van der Waals surface area contributed by atoms with Crippen molar-refractivity contribution in [1.82, 2.24) is 9.97 Å². The number of benzene rings is 2. The third-order valence-corrected chi connectivity index (χ3v) is 4.88. The first-order valence-electron chi connectivity index (χ1n) is 9.58. The van der Waals surface area contributed by atoms with E-state index in [4.69, 9.17) is 14.2 Å². The summed E-state index contributed by atoms with van der Waals surface area (Å²) < 4.78 is 15.2. The van der Waals surface area contributed by atoms with Gasteiger partial charge in [0.2, 0.25) is 0 Å². The summed E-state index contributed by atoms with van der Waals surface area (Å²) in [7, 11) is 2.52. The van der Waals surface area contributed by atoms with Crippen LogP contribution >= 0.6 is 0 Å². The Kier molecular flexibility index (Phi) is 5.81. The molecule has 0 atom stereocenters. The van der Waals surface area contributed by atoms with E-state index in [1.54, 1.807) is 4.90 Å². The van der Waals surface area contributed by atoms with Crippen molar-refractivity contribution in [2.75, 3.05) is 32.5 Å². The van der Waals surface area contributed by atoms with Crippen molar-refractivity contribution < 1.29 is 23.8 Å². The highest BCUT2D eigenvalue weighted by molar-refractivity contribution is 6.03. The summed E-state index contributed by atoms with van der Waals surface area (Å²) in [5, 5.41) is 0. The second kappa shape index (κ2) is 8.85. The molecule has 0 spiro atoms. The van der Waals surface area contributed by atoms with Gasteiger partial charge >= 0.3 is 11.9 Å². The van der Waals surface area contributed by atoms with Crippen LogP contribution in [0.3, 0.4) is 0 Å². The van der Waals surface area contributed by atoms with Crippen molar-refractivity contribution in [3.05, 3.63) is 71.2 Å². The fraction of sp³-hybridized carbons (Fsp3) is 0.174. The number of methoxy groups -OCH3 is 2. The largest absolute Gasteiger partial charge is 0.466 e. The quantitative estimate of drug-likeness (QED) is 0.635. The highest BCUT2D eigenvalue weighted by Gasteiger charge is 2.32. The Bertz CT molecular complexity index is 1140. The number of carbonyl (C=O) groups is 2. The van der Waals surface area contributed by atoms with E-state index < -0.39 is 11.9 Å². The van der Waals surface area contributed by atoms with Gasteiger partial charge in [0, 0.05) is 5.69 Å². The smallest absolute Gasteiger partial charge is 0.355 e. The van der Waals surface area contributed by atoms with E-state index in [9.17, 15) is 9.59 Å². The van der Waals surface area contributed by atoms with Crippen molar-refractivity contribution in [2.24, 2.45) is 0 Å². The van der Waals surface area contributed by atoms with Gasteiger partial charge in [-0.2, -0.15) is 0 Å². The van der Waals surface area contributed by atoms with Crippen LogP contribution in [-0.4, -0.2) is 49.5 Å². The first kappa shape index (κ1) is 20.4. The van der Waals surface area contributed by atoms with Crippen LogP contribution in [0.2, 0.25) is 0 Å². The summed E-state index contributed by atoms with van der Waals surface area (Å²) in [6.45, 7) is 0.0883. The Morgan fingerprint density at radius 1 is 1.03 bits per heavy atom. The van der Waals surface area contributed by atoms with E-state index in [0.717, 1.165) is 22.4 Å². The zero-order valence-electron chi connectivity index (χ0n) is 17.1. The van der Waals surface area contributed by atoms with Crippen LogP contribution in [0.1, 0.15) is 11.4 Å². The van der Waals surface area contributed by atoms with E-state index >= 15 is 0 Å². The van der Waals surface area contributed by atoms with Gasteiger partial charge in [0.15, 0.2) is 0 Å². The molecule has 0 amide bonds. The summed E-state index contributed by atoms with van der Waals surface area (Å²) in [6, 6.07) is 15.3. The molecular formula is C23H21N3O5. The molecule has 0 saturated heterocycles. The highest BCUT2D eigenvalue weighted by Crippen LogP contribution is 2.27. The maximum Gasteiger partial charge on any atom is 0.355 e. The number of aromatic nitrogens is 2. The number of rotatable bonds is 5. The third kappa shape index (κ3) is 4.19. The topological polar surface area (TPSA) is 93.8 Å². The number of para-hydroxylation sites is 2. The molecule has 0 bridgehead atoms. The normalized spacial score (nSPS) is 14.3. The number of nitrogens with one attached hydrogen (secondary N) is 1. The molecule has 8 heteroatoms.